The molecule has 1 amide bonds. The monoisotopic (exact) mass is 310 g/mol. The molecule has 0 saturated heterocycles. The average Bonchev–Trinajstić information content (AvgIpc) is 3.15. The number of aromatic nitrogens is 4. The van der Waals surface area contributed by atoms with E-state index in [0.29, 0.717) is 0 Å². The van der Waals surface area contributed by atoms with Crippen molar-refractivity contribution in [2.75, 3.05) is 19.5 Å². The van der Waals surface area contributed by atoms with E-state index in [2.05, 4.69) is 35.2 Å². The number of hydrogen-bond donors (Lipinski definition) is 1. The Bertz CT molecular complexity index is 665. The van der Waals surface area contributed by atoms with Crippen LogP contribution in [0, 0.1) is 0 Å². The second kappa shape index (κ2) is 6.56. The van der Waals surface area contributed by atoms with Gasteiger partial charge in [0.05, 0.1) is 19.5 Å². The number of amides is 1. The molecular weight excluding hydrogens is 300 g/mol. The van der Waals surface area contributed by atoms with E-state index in [9.17, 15) is 9.59 Å². The summed E-state index contributed by atoms with van der Waals surface area (Å²) in [5.74, 6) is -0.614. The van der Waals surface area contributed by atoms with E-state index in [1.165, 1.54) is 32.0 Å². The maximum Gasteiger partial charge on any atom is 0.413 e. The fourth-order valence-corrected chi connectivity index (χ4v) is 1.96. The smallest absolute Gasteiger partial charge is 0.413 e. The Kier molecular flexibility index (Phi) is 4.56. The number of ether oxygens (including phenoxy) is 1. The number of rotatable bonds is 4. The van der Waals surface area contributed by atoms with Gasteiger partial charge in [0, 0.05) is 5.38 Å². The van der Waals surface area contributed by atoms with E-state index in [0.717, 1.165) is 16.1 Å². The molecule has 110 valence electrons. The Morgan fingerprint density at radius 3 is 2.67 bits per heavy atom. The van der Waals surface area contributed by atoms with Crippen molar-refractivity contribution in [3.8, 4) is 0 Å². The minimum Gasteiger partial charge on any atom is -0.453 e. The summed E-state index contributed by atoms with van der Waals surface area (Å²) in [6.45, 7) is 0. The maximum atomic E-state index is 12.2. The SMILES string of the molecule is CON=C(C(=O)n1nccn1)c1csc(NC(=O)OC)n1. The predicted octanol–water partition coefficient (Wildman–Crippen LogP) is 0.604. The molecule has 0 aromatic carbocycles. The molecule has 0 aliphatic heterocycles. The summed E-state index contributed by atoms with van der Waals surface area (Å²) < 4.78 is 4.45. The van der Waals surface area contributed by atoms with Crippen LogP contribution < -0.4 is 5.32 Å². The van der Waals surface area contributed by atoms with Crippen LogP contribution in [0.25, 0.3) is 0 Å². The lowest BCUT2D eigenvalue weighted by molar-refractivity contribution is 0.0951. The average molecular weight is 310 g/mol. The highest BCUT2D eigenvalue weighted by atomic mass is 32.1. The van der Waals surface area contributed by atoms with Crippen molar-refractivity contribution in [1.29, 1.82) is 0 Å². The Morgan fingerprint density at radius 2 is 2.05 bits per heavy atom. The van der Waals surface area contributed by atoms with Crippen LogP contribution in [-0.2, 0) is 9.57 Å². The second-order valence-corrected chi connectivity index (χ2v) is 4.26. The van der Waals surface area contributed by atoms with Crippen molar-refractivity contribution in [2.45, 2.75) is 0 Å². The first kappa shape index (κ1) is 14.6. The highest BCUT2D eigenvalue weighted by Gasteiger charge is 2.22. The van der Waals surface area contributed by atoms with Crippen LogP contribution in [-0.4, -0.2) is 51.9 Å². The van der Waals surface area contributed by atoms with Gasteiger partial charge in [-0.3, -0.25) is 10.1 Å². The molecule has 0 aliphatic rings. The third kappa shape index (κ3) is 3.39. The van der Waals surface area contributed by atoms with Crippen LogP contribution in [0.5, 0.6) is 0 Å². The molecule has 2 rings (SSSR count). The highest BCUT2D eigenvalue weighted by Crippen LogP contribution is 2.17. The number of hydrogen-bond acceptors (Lipinski definition) is 9. The van der Waals surface area contributed by atoms with E-state index in [-0.39, 0.29) is 16.5 Å². The number of nitrogens with one attached hydrogen (secondary N) is 1. The number of nitrogens with zero attached hydrogens (tertiary/aromatic N) is 5. The number of oxime groups is 1. The topological polar surface area (TPSA) is 121 Å². The van der Waals surface area contributed by atoms with E-state index in [4.69, 9.17) is 0 Å². The minimum absolute atomic E-state index is 0.0946. The van der Waals surface area contributed by atoms with Gasteiger partial charge in [0.25, 0.3) is 0 Å². The number of carbonyl (C=O) groups is 2. The number of methoxy groups -OCH3 is 1. The van der Waals surface area contributed by atoms with E-state index >= 15 is 0 Å². The normalized spacial score (nSPS) is 11.0. The van der Waals surface area contributed by atoms with Crippen LogP contribution in [0.3, 0.4) is 0 Å². The van der Waals surface area contributed by atoms with Crippen LogP contribution in [0.2, 0.25) is 0 Å². The number of thiazole rings is 1. The van der Waals surface area contributed by atoms with Gasteiger partial charge >= 0.3 is 12.0 Å². The molecule has 2 heterocycles. The lowest BCUT2D eigenvalue weighted by Crippen LogP contribution is -2.25. The first-order chi connectivity index (χ1) is 10.2. The van der Waals surface area contributed by atoms with Gasteiger partial charge in [-0.2, -0.15) is 10.2 Å². The Labute approximate surface area is 122 Å². The molecule has 0 aliphatic carbocycles. The van der Waals surface area contributed by atoms with Crippen LogP contribution in [0.4, 0.5) is 9.93 Å². The molecule has 0 spiro atoms. The summed E-state index contributed by atoms with van der Waals surface area (Å²) in [7, 11) is 2.53. The fourth-order valence-electron chi connectivity index (χ4n) is 1.28. The van der Waals surface area contributed by atoms with Gasteiger partial charge in [-0.1, -0.05) is 5.16 Å². The zero-order valence-electron chi connectivity index (χ0n) is 11.0. The molecule has 0 radical (unpaired) electrons. The van der Waals surface area contributed by atoms with Gasteiger partial charge < -0.3 is 9.57 Å². The van der Waals surface area contributed by atoms with Gasteiger partial charge in [-0.05, 0) is 0 Å². The summed E-state index contributed by atoms with van der Waals surface area (Å²) in [6, 6.07) is 0. The number of anilines is 1. The lowest BCUT2D eigenvalue weighted by Gasteiger charge is -2.01. The highest BCUT2D eigenvalue weighted by molar-refractivity contribution is 7.14. The molecule has 0 bridgehead atoms. The molecule has 11 heteroatoms. The number of carbonyl (C=O) groups excluding carboxylic acids is 2. The Hall–Kier alpha value is -2.82. The van der Waals surface area contributed by atoms with Crippen molar-refractivity contribution < 1.29 is 19.2 Å². The van der Waals surface area contributed by atoms with Gasteiger partial charge in [0.2, 0.25) is 0 Å². The molecule has 10 nitrogen and oxygen atoms in total. The van der Waals surface area contributed by atoms with Gasteiger partial charge in [-0.25, -0.2) is 9.78 Å². The molecule has 1 N–H and O–H groups in total. The van der Waals surface area contributed by atoms with Gasteiger partial charge in [0.1, 0.15) is 12.8 Å². The summed E-state index contributed by atoms with van der Waals surface area (Å²) >= 11 is 1.10. The molecule has 2 aromatic rings. The molecule has 21 heavy (non-hydrogen) atoms. The predicted molar refractivity (Wildman–Crippen MR) is 72.3 cm³/mol. The van der Waals surface area contributed by atoms with E-state index < -0.39 is 12.0 Å². The summed E-state index contributed by atoms with van der Waals surface area (Å²) in [5, 5.41) is 15.2. The quantitative estimate of drug-likeness (QED) is 0.648. The fraction of sp³-hybridized carbons (Fsp3) is 0.200. The Balaban J connectivity index is 2.25. The Morgan fingerprint density at radius 1 is 1.33 bits per heavy atom. The van der Waals surface area contributed by atoms with Crippen molar-refractivity contribution in [1.82, 2.24) is 20.0 Å². The third-order valence-corrected chi connectivity index (χ3v) is 2.88. The van der Waals surface area contributed by atoms with E-state index in [1.807, 2.05) is 0 Å². The molecule has 2 aromatic heterocycles. The van der Waals surface area contributed by atoms with Crippen LogP contribution in [0.1, 0.15) is 10.5 Å². The zero-order valence-corrected chi connectivity index (χ0v) is 11.8. The van der Waals surface area contributed by atoms with Crippen molar-refractivity contribution in [3.63, 3.8) is 0 Å². The maximum absolute atomic E-state index is 12.2. The molecule has 0 fully saturated rings. The molecular formula is C10H10N6O4S. The van der Waals surface area contributed by atoms with E-state index in [1.54, 1.807) is 0 Å². The summed E-state index contributed by atoms with van der Waals surface area (Å²) in [6.07, 6.45) is 2.04. The first-order valence-electron chi connectivity index (χ1n) is 5.48. The third-order valence-electron chi connectivity index (χ3n) is 2.13. The molecule has 0 unspecified atom stereocenters. The summed E-state index contributed by atoms with van der Waals surface area (Å²) in [4.78, 5) is 32.8. The molecule has 0 saturated carbocycles. The minimum atomic E-state index is -0.666. The largest absolute Gasteiger partial charge is 0.453 e. The lowest BCUT2D eigenvalue weighted by atomic mass is 10.3. The molecule has 0 atom stereocenters. The van der Waals surface area contributed by atoms with Crippen molar-refractivity contribution >= 4 is 34.2 Å². The van der Waals surface area contributed by atoms with Crippen LogP contribution >= 0.6 is 11.3 Å². The van der Waals surface area contributed by atoms with Gasteiger partial charge in [-0.15, -0.1) is 16.1 Å². The standard InChI is InChI=1S/C10H10N6O4S/c1-19-10(18)14-9-13-6(5-21-9)7(15-20-2)8(17)16-11-3-4-12-16/h3-5H,1-2H3,(H,13,14,18). The summed E-state index contributed by atoms with van der Waals surface area (Å²) in [5.41, 5.74) is 0.124. The second-order valence-electron chi connectivity index (χ2n) is 3.40. The first-order valence-corrected chi connectivity index (χ1v) is 6.36. The van der Waals surface area contributed by atoms with Crippen molar-refractivity contribution in [2.24, 2.45) is 5.16 Å². The van der Waals surface area contributed by atoms with Gasteiger partial charge in [0.15, 0.2) is 10.8 Å². The van der Waals surface area contributed by atoms with Crippen LogP contribution in [0.15, 0.2) is 22.9 Å². The van der Waals surface area contributed by atoms with Crippen molar-refractivity contribution in [3.05, 3.63) is 23.5 Å². The zero-order chi connectivity index (χ0) is 15.2.